The number of aryl methyl sites for hydroxylation is 1. The molecule has 1 aromatic heterocycles. The van der Waals surface area contributed by atoms with Gasteiger partial charge in [-0.05, 0) is 55.8 Å². The second-order valence-electron chi connectivity index (χ2n) is 9.22. The number of nitrogens with one attached hydrogen (secondary N) is 2. The predicted octanol–water partition coefficient (Wildman–Crippen LogP) is 5.26. The van der Waals surface area contributed by atoms with Crippen LogP contribution in [0.1, 0.15) is 23.9 Å². The number of carbonyl (C=O) groups is 1. The molecule has 0 spiro atoms. The molecular formula is C29H30FN5O. The molecule has 5 rings (SSSR count). The van der Waals surface area contributed by atoms with Gasteiger partial charge in [0.2, 0.25) is 5.91 Å². The van der Waals surface area contributed by atoms with Crippen molar-refractivity contribution in [2.75, 3.05) is 11.9 Å². The van der Waals surface area contributed by atoms with Gasteiger partial charge in [-0.2, -0.15) is 0 Å². The van der Waals surface area contributed by atoms with E-state index in [0.717, 1.165) is 34.2 Å². The van der Waals surface area contributed by atoms with Gasteiger partial charge in [0.05, 0.1) is 12.6 Å². The summed E-state index contributed by atoms with van der Waals surface area (Å²) in [6.45, 7) is 6.21. The first-order chi connectivity index (χ1) is 17.5. The van der Waals surface area contributed by atoms with E-state index < -0.39 is 0 Å². The third-order valence-corrected chi connectivity index (χ3v) is 6.54. The summed E-state index contributed by atoms with van der Waals surface area (Å²) >= 11 is 0. The monoisotopic (exact) mass is 483 g/mol. The second kappa shape index (κ2) is 10.3. The van der Waals surface area contributed by atoms with Crippen molar-refractivity contribution in [3.63, 3.8) is 0 Å². The summed E-state index contributed by atoms with van der Waals surface area (Å²) in [5.41, 5.74) is 4.84. The second-order valence-corrected chi connectivity index (χ2v) is 9.22. The molecule has 3 aromatic carbocycles. The minimum absolute atomic E-state index is 0.0524. The first-order valence-electron chi connectivity index (χ1n) is 12.2. The molecule has 2 heterocycles. The van der Waals surface area contributed by atoms with Crippen LogP contribution in [0, 0.1) is 12.7 Å². The highest BCUT2D eigenvalue weighted by atomic mass is 19.1. The molecule has 0 radical (unpaired) electrons. The molecule has 1 amide bonds. The van der Waals surface area contributed by atoms with Crippen molar-refractivity contribution in [1.82, 2.24) is 19.8 Å². The Hall–Kier alpha value is -3.97. The molecule has 0 saturated carbocycles. The lowest BCUT2D eigenvalue weighted by Crippen LogP contribution is -2.47. The largest absolute Gasteiger partial charge is 0.340 e. The number of rotatable bonds is 7. The molecule has 36 heavy (non-hydrogen) atoms. The molecule has 4 aromatic rings. The number of amides is 1. The van der Waals surface area contributed by atoms with Crippen LogP contribution in [0.15, 0.2) is 78.9 Å². The van der Waals surface area contributed by atoms with Crippen LogP contribution in [-0.4, -0.2) is 32.9 Å². The first kappa shape index (κ1) is 23.8. The van der Waals surface area contributed by atoms with Crippen LogP contribution in [0.2, 0.25) is 0 Å². The van der Waals surface area contributed by atoms with Gasteiger partial charge in [0.1, 0.15) is 23.2 Å². The lowest BCUT2D eigenvalue weighted by Gasteiger charge is -2.31. The Kier molecular flexibility index (Phi) is 6.82. The number of nitrogens with zero attached hydrogens (tertiary/aromatic N) is 3. The molecule has 0 unspecified atom stereocenters. The van der Waals surface area contributed by atoms with Crippen LogP contribution in [0.5, 0.6) is 0 Å². The topological polar surface area (TPSA) is 62.2 Å². The molecule has 7 heteroatoms. The zero-order valence-corrected chi connectivity index (χ0v) is 20.5. The van der Waals surface area contributed by atoms with Gasteiger partial charge in [0, 0.05) is 30.9 Å². The summed E-state index contributed by atoms with van der Waals surface area (Å²) < 4.78 is 15.7. The van der Waals surface area contributed by atoms with Gasteiger partial charge in [-0.3, -0.25) is 4.79 Å². The summed E-state index contributed by atoms with van der Waals surface area (Å²) in [6.07, 6.45) is 0. The van der Waals surface area contributed by atoms with E-state index in [4.69, 9.17) is 4.98 Å². The van der Waals surface area contributed by atoms with E-state index in [1.807, 2.05) is 54.3 Å². The van der Waals surface area contributed by atoms with Gasteiger partial charge >= 0.3 is 0 Å². The van der Waals surface area contributed by atoms with Crippen LogP contribution in [-0.2, 0) is 24.4 Å². The lowest BCUT2D eigenvalue weighted by molar-refractivity contribution is -0.134. The standard InChI is InChI=1S/C29H30FN5O/c1-20-8-14-25(15-9-20)32-28-27(23-10-12-24(30)13-11-23)33-26-19-34(16-17-35(26)28)29(36)21(2)31-18-22-6-4-3-5-7-22/h3-15,21,31-32H,16-19H2,1-2H3/t21-/m1/s1. The summed E-state index contributed by atoms with van der Waals surface area (Å²) in [6, 6.07) is 24.3. The maximum absolute atomic E-state index is 13.6. The maximum atomic E-state index is 13.6. The van der Waals surface area contributed by atoms with Gasteiger partial charge in [0.25, 0.3) is 0 Å². The Morgan fingerprint density at radius 3 is 2.44 bits per heavy atom. The van der Waals surface area contributed by atoms with Crippen LogP contribution < -0.4 is 10.6 Å². The molecular weight excluding hydrogens is 453 g/mol. The smallest absolute Gasteiger partial charge is 0.239 e. The zero-order valence-electron chi connectivity index (χ0n) is 20.5. The Morgan fingerprint density at radius 1 is 1.00 bits per heavy atom. The Balaban J connectivity index is 1.38. The number of hydrogen-bond donors (Lipinski definition) is 2. The van der Waals surface area contributed by atoms with Crippen LogP contribution in [0.25, 0.3) is 11.3 Å². The minimum atomic E-state index is -0.312. The highest BCUT2D eigenvalue weighted by molar-refractivity contribution is 5.82. The van der Waals surface area contributed by atoms with Crippen molar-refractivity contribution in [3.05, 3.63) is 102 Å². The number of carbonyl (C=O) groups excluding carboxylic acids is 1. The molecule has 0 bridgehead atoms. The Bertz CT molecular complexity index is 1330. The highest BCUT2D eigenvalue weighted by Crippen LogP contribution is 2.33. The summed E-state index contributed by atoms with van der Waals surface area (Å²) in [7, 11) is 0. The number of imidazole rings is 1. The highest BCUT2D eigenvalue weighted by Gasteiger charge is 2.29. The van der Waals surface area contributed by atoms with E-state index in [9.17, 15) is 9.18 Å². The predicted molar refractivity (Wildman–Crippen MR) is 140 cm³/mol. The van der Waals surface area contributed by atoms with E-state index in [1.165, 1.54) is 17.7 Å². The summed E-state index contributed by atoms with van der Waals surface area (Å²) in [5.74, 6) is 1.42. The normalized spacial score (nSPS) is 13.8. The van der Waals surface area contributed by atoms with E-state index in [2.05, 4.69) is 34.3 Å². The molecule has 6 nitrogen and oxygen atoms in total. The molecule has 1 atom stereocenters. The van der Waals surface area contributed by atoms with Gasteiger partial charge in [-0.1, -0.05) is 48.0 Å². The van der Waals surface area contributed by atoms with E-state index in [-0.39, 0.29) is 17.8 Å². The molecule has 0 aliphatic carbocycles. The third-order valence-electron chi connectivity index (χ3n) is 6.54. The van der Waals surface area contributed by atoms with Crippen molar-refractivity contribution in [2.24, 2.45) is 0 Å². The quantitative estimate of drug-likeness (QED) is 0.376. The van der Waals surface area contributed by atoms with E-state index in [0.29, 0.717) is 26.2 Å². The average Bonchev–Trinajstić information content (AvgIpc) is 3.26. The zero-order chi connectivity index (χ0) is 25.1. The number of benzene rings is 3. The van der Waals surface area contributed by atoms with Crippen molar-refractivity contribution in [3.8, 4) is 11.3 Å². The number of halogens is 1. The van der Waals surface area contributed by atoms with Gasteiger partial charge in [-0.25, -0.2) is 9.37 Å². The first-order valence-corrected chi connectivity index (χ1v) is 12.2. The van der Waals surface area contributed by atoms with Gasteiger partial charge < -0.3 is 20.1 Å². The van der Waals surface area contributed by atoms with Crippen molar-refractivity contribution < 1.29 is 9.18 Å². The van der Waals surface area contributed by atoms with Crippen LogP contribution in [0.3, 0.4) is 0 Å². The molecule has 0 fully saturated rings. The molecule has 0 saturated heterocycles. The number of fused-ring (bicyclic) bond motifs is 1. The van der Waals surface area contributed by atoms with Gasteiger partial charge in [-0.15, -0.1) is 0 Å². The minimum Gasteiger partial charge on any atom is -0.340 e. The number of anilines is 2. The third kappa shape index (κ3) is 5.16. The molecule has 1 aliphatic rings. The Morgan fingerprint density at radius 2 is 1.72 bits per heavy atom. The van der Waals surface area contributed by atoms with Crippen molar-refractivity contribution in [2.45, 2.75) is 39.5 Å². The summed E-state index contributed by atoms with van der Waals surface area (Å²) in [4.78, 5) is 20.0. The fourth-order valence-corrected chi connectivity index (χ4v) is 4.46. The van der Waals surface area contributed by atoms with Gasteiger partial charge in [0.15, 0.2) is 0 Å². The van der Waals surface area contributed by atoms with E-state index in [1.54, 1.807) is 12.1 Å². The number of aromatic nitrogens is 2. The molecule has 1 aliphatic heterocycles. The van der Waals surface area contributed by atoms with Crippen LogP contribution in [0.4, 0.5) is 15.9 Å². The lowest BCUT2D eigenvalue weighted by atomic mass is 10.1. The van der Waals surface area contributed by atoms with Crippen LogP contribution >= 0.6 is 0 Å². The van der Waals surface area contributed by atoms with Crippen molar-refractivity contribution >= 4 is 17.4 Å². The van der Waals surface area contributed by atoms with Crippen molar-refractivity contribution in [1.29, 1.82) is 0 Å². The van der Waals surface area contributed by atoms with E-state index >= 15 is 0 Å². The fourth-order valence-electron chi connectivity index (χ4n) is 4.46. The summed E-state index contributed by atoms with van der Waals surface area (Å²) in [5, 5.41) is 6.86. The fraction of sp³-hybridized carbons (Fsp3) is 0.241. The average molecular weight is 484 g/mol. The maximum Gasteiger partial charge on any atom is 0.239 e. The SMILES string of the molecule is Cc1ccc(Nc2c(-c3ccc(F)cc3)nc3n2CCN(C(=O)[C@@H](C)NCc2ccccc2)C3)cc1. The number of hydrogen-bond acceptors (Lipinski definition) is 4. The Labute approximate surface area is 210 Å². The molecule has 2 N–H and O–H groups in total. The molecule has 184 valence electrons.